The van der Waals surface area contributed by atoms with Crippen LogP contribution in [0.1, 0.15) is 21.6 Å². The van der Waals surface area contributed by atoms with Crippen molar-refractivity contribution in [1.82, 2.24) is 19.6 Å². The van der Waals surface area contributed by atoms with Crippen LogP contribution in [0.3, 0.4) is 0 Å². The normalized spacial score (nSPS) is 10.8. The molecule has 0 saturated carbocycles. The lowest BCUT2D eigenvalue weighted by Gasteiger charge is -2.05. The average Bonchev–Trinajstić information content (AvgIpc) is 3.20. The predicted octanol–water partition coefficient (Wildman–Crippen LogP) is 2.29. The van der Waals surface area contributed by atoms with Crippen LogP contribution in [0.2, 0.25) is 0 Å². The number of nitrogens with zero attached hydrogens (tertiary/aromatic N) is 4. The molecule has 0 unspecified atom stereocenters. The molecule has 1 aromatic carbocycles. The molecule has 7 heteroatoms. The fraction of sp³-hybridized carbons (Fsp3) is 0.235. The number of nitrogens with one attached hydrogen (secondary N) is 1. The first kappa shape index (κ1) is 15.9. The Hall–Kier alpha value is -2.93. The average molecular weight is 325 g/mol. The van der Waals surface area contributed by atoms with Gasteiger partial charge in [0, 0.05) is 25.6 Å². The third-order valence-corrected chi connectivity index (χ3v) is 3.61. The lowest BCUT2D eigenvalue weighted by Crippen LogP contribution is -2.14. The fourth-order valence-corrected chi connectivity index (χ4v) is 2.35. The van der Waals surface area contributed by atoms with Gasteiger partial charge in [-0.2, -0.15) is 10.2 Å². The Morgan fingerprint density at radius 1 is 1.12 bits per heavy atom. The van der Waals surface area contributed by atoms with Gasteiger partial charge in [-0.3, -0.25) is 9.48 Å². The van der Waals surface area contributed by atoms with Crippen LogP contribution in [0, 0.1) is 6.92 Å². The van der Waals surface area contributed by atoms with Crippen LogP contribution < -0.4 is 5.32 Å². The molecule has 0 bridgehead atoms. The Kier molecular flexibility index (Phi) is 4.72. The molecule has 0 spiro atoms. The van der Waals surface area contributed by atoms with Gasteiger partial charge in [0.1, 0.15) is 6.73 Å². The zero-order valence-corrected chi connectivity index (χ0v) is 13.6. The van der Waals surface area contributed by atoms with Gasteiger partial charge in [-0.05, 0) is 24.1 Å². The summed E-state index contributed by atoms with van der Waals surface area (Å²) in [5.74, 6) is 0.195. The second-order valence-corrected chi connectivity index (χ2v) is 5.44. The molecule has 0 radical (unpaired) electrons. The van der Waals surface area contributed by atoms with Gasteiger partial charge in [-0.1, -0.05) is 24.3 Å². The zero-order chi connectivity index (χ0) is 16.9. The molecule has 0 fully saturated rings. The monoisotopic (exact) mass is 325 g/mol. The molecule has 3 rings (SSSR count). The van der Waals surface area contributed by atoms with Gasteiger partial charge < -0.3 is 10.1 Å². The van der Waals surface area contributed by atoms with E-state index >= 15 is 0 Å². The van der Waals surface area contributed by atoms with Gasteiger partial charge in [-0.15, -0.1) is 0 Å². The lowest BCUT2D eigenvalue weighted by molar-refractivity contribution is 0.101. The number of anilines is 1. The zero-order valence-electron chi connectivity index (χ0n) is 13.6. The van der Waals surface area contributed by atoms with E-state index in [2.05, 4.69) is 34.6 Å². The molecule has 0 aliphatic rings. The molecule has 7 nitrogen and oxygen atoms in total. The van der Waals surface area contributed by atoms with Crippen molar-refractivity contribution in [1.29, 1.82) is 0 Å². The van der Waals surface area contributed by atoms with Gasteiger partial charge in [0.2, 0.25) is 0 Å². The van der Waals surface area contributed by atoms with E-state index in [0.29, 0.717) is 24.8 Å². The maximum Gasteiger partial charge on any atom is 0.277 e. The van der Waals surface area contributed by atoms with Crippen LogP contribution in [0.5, 0.6) is 0 Å². The predicted molar refractivity (Wildman–Crippen MR) is 89.7 cm³/mol. The fourth-order valence-electron chi connectivity index (χ4n) is 2.35. The Labute approximate surface area is 139 Å². The van der Waals surface area contributed by atoms with E-state index < -0.39 is 0 Å². The van der Waals surface area contributed by atoms with Gasteiger partial charge in [0.25, 0.3) is 5.91 Å². The van der Waals surface area contributed by atoms with E-state index in [1.54, 1.807) is 34.8 Å². The Morgan fingerprint density at radius 3 is 2.71 bits per heavy atom. The number of hydrogen-bond donors (Lipinski definition) is 1. The minimum atomic E-state index is -0.300. The molecule has 0 saturated heterocycles. The van der Waals surface area contributed by atoms with E-state index in [-0.39, 0.29) is 5.91 Å². The first-order chi connectivity index (χ1) is 11.7. The number of carbonyl (C=O) groups is 1. The molecule has 0 aliphatic heterocycles. The smallest absolute Gasteiger partial charge is 0.277 e. The maximum atomic E-state index is 12.2. The van der Waals surface area contributed by atoms with Crippen LogP contribution in [-0.2, 0) is 18.0 Å². The molecule has 1 N–H and O–H groups in total. The summed E-state index contributed by atoms with van der Waals surface area (Å²) in [5.41, 5.74) is 2.72. The Morgan fingerprint density at radius 2 is 1.92 bits per heavy atom. The van der Waals surface area contributed by atoms with Crippen molar-refractivity contribution in [2.75, 3.05) is 12.4 Å². The third-order valence-electron chi connectivity index (χ3n) is 3.61. The maximum absolute atomic E-state index is 12.2. The van der Waals surface area contributed by atoms with E-state index in [4.69, 9.17) is 4.74 Å². The molecule has 24 heavy (non-hydrogen) atoms. The summed E-state index contributed by atoms with van der Waals surface area (Å²) in [5, 5.41) is 11.3. The van der Waals surface area contributed by atoms with Crippen LogP contribution in [0.25, 0.3) is 0 Å². The quantitative estimate of drug-likeness (QED) is 0.754. The van der Waals surface area contributed by atoms with Crippen molar-refractivity contribution < 1.29 is 9.53 Å². The number of hydrogen-bond acceptors (Lipinski definition) is 4. The summed E-state index contributed by atoms with van der Waals surface area (Å²) < 4.78 is 8.30. The van der Waals surface area contributed by atoms with Crippen LogP contribution in [0.15, 0.2) is 48.8 Å². The van der Waals surface area contributed by atoms with Crippen molar-refractivity contribution in [3.05, 3.63) is 65.6 Å². The van der Waals surface area contributed by atoms with Gasteiger partial charge in [0.05, 0.1) is 6.54 Å². The summed E-state index contributed by atoms with van der Waals surface area (Å²) in [4.78, 5) is 12.2. The van der Waals surface area contributed by atoms with Crippen molar-refractivity contribution in [3.63, 3.8) is 0 Å². The molecule has 2 heterocycles. The van der Waals surface area contributed by atoms with Crippen molar-refractivity contribution in [2.24, 2.45) is 0 Å². The SMILES string of the molecule is COCn1ccc(C(=O)Nc2ccn(Cc3ccccc3C)n2)n1. The number of benzene rings is 1. The Bertz CT molecular complexity index is 837. The number of aromatic nitrogens is 4. The number of carbonyl (C=O) groups excluding carboxylic acids is 1. The lowest BCUT2D eigenvalue weighted by atomic mass is 10.1. The van der Waals surface area contributed by atoms with E-state index in [0.717, 1.165) is 0 Å². The van der Waals surface area contributed by atoms with Gasteiger partial charge in [-0.25, -0.2) is 4.68 Å². The summed E-state index contributed by atoms with van der Waals surface area (Å²) in [7, 11) is 1.57. The molecule has 0 atom stereocenters. The summed E-state index contributed by atoms with van der Waals surface area (Å²) in [6.07, 6.45) is 3.53. The number of amides is 1. The first-order valence-corrected chi connectivity index (χ1v) is 7.57. The van der Waals surface area contributed by atoms with Gasteiger partial charge in [0.15, 0.2) is 11.5 Å². The summed E-state index contributed by atoms with van der Waals surface area (Å²) in [6.45, 7) is 3.03. The van der Waals surface area contributed by atoms with Crippen molar-refractivity contribution >= 4 is 11.7 Å². The standard InChI is InChI=1S/C17H19N5O2/c1-13-5-3-4-6-14(13)11-21-10-8-16(20-21)18-17(23)15-7-9-22(19-15)12-24-2/h3-10H,11-12H2,1-2H3,(H,18,20,23). The highest BCUT2D eigenvalue weighted by atomic mass is 16.5. The van der Waals surface area contributed by atoms with Gasteiger partial charge >= 0.3 is 0 Å². The second kappa shape index (κ2) is 7.10. The van der Waals surface area contributed by atoms with Crippen LogP contribution in [-0.4, -0.2) is 32.6 Å². The highest BCUT2D eigenvalue weighted by Gasteiger charge is 2.11. The van der Waals surface area contributed by atoms with E-state index in [9.17, 15) is 4.79 Å². The van der Waals surface area contributed by atoms with Crippen LogP contribution >= 0.6 is 0 Å². The highest BCUT2D eigenvalue weighted by Crippen LogP contribution is 2.11. The van der Waals surface area contributed by atoms with Crippen molar-refractivity contribution in [2.45, 2.75) is 20.2 Å². The molecule has 3 aromatic rings. The second-order valence-electron chi connectivity index (χ2n) is 5.44. The molecular formula is C17H19N5O2. The number of aryl methyl sites for hydroxylation is 1. The molecule has 0 aliphatic carbocycles. The summed E-state index contributed by atoms with van der Waals surface area (Å²) in [6, 6.07) is 11.6. The first-order valence-electron chi connectivity index (χ1n) is 7.57. The van der Waals surface area contributed by atoms with E-state index in [1.807, 2.05) is 18.3 Å². The third kappa shape index (κ3) is 3.69. The topological polar surface area (TPSA) is 74.0 Å². The minimum Gasteiger partial charge on any atom is -0.362 e. The number of ether oxygens (including phenoxy) is 1. The molecule has 2 aromatic heterocycles. The Balaban J connectivity index is 1.65. The largest absolute Gasteiger partial charge is 0.362 e. The van der Waals surface area contributed by atoms with Crippen LogP contribution in [0.4, 0.5) is 5.82 Å². The summed E-state index contributed by atoms with van der Waals surface area (Å²) >= 11 is 0. The highest BCUT2D eigenvalue weighted by molar-refractivity contribution is 6.02. The number of methoxy groups -OCH3 is 1. The van der Waals surface area contributed by atoms with E-state index in [1.165, 1.54) is 11.1 Å². The molecular weight excluding hydrogens is 306 g/mol. The minimum absolute atomic E-state index is 0.300. The number of rotatable bonds is 6. The van der Waals surface area contributed by atoms with Crippen molar-refractivity contribution in [3.8, 4) is 0 Å². The molecule has 1 amide bonds. The molecule has 124 valence electrons.